The van der Waals surface area contributed by atoms with E-state index in [1.54, 1.807) is 4.90 Å². The molecule has 1 amide bonds. The Bertz CT molecular complexity index is 418. The van der Waals surface area contributed by atoms with Crippen molar-refractivity contribution in [3.63, 3.8) is 0 Å². The molecule has 0 spiro atoms. The van der Waals surface area contributed by atoms with Crippen LogP contribution in [0.3, 0.4) is 0 Å². The summed E-state index contributed by atoms with van der Waals surface area (Å²) in [6.45, 7) is 1.89. The maximum absolute atomic E-state index is 12.9. The van der Waals surface area contributed by atoms with Gasteiger partial charge in [0.05, 0.1) is 12.5 Å². The van der Waals surface area contributed by atoms with E-state index in [1.165, 1.54) is 0 Å². The van der Waals surface area contributed by atoms with Crippen LogP contribution in [0.2, 0.25) is 0 Å². The number of hydrogen-bond donors (Lipinski definition) is 5. The van der Waals surface area contributed by atoms with Crippen molar-refractivity contribution in [3.8, 4) is 0 Å². The Morgan fingerprint density at radius 3 is 2.65 bits per heavy atom. The van der Waals surface area contributed by atoms with E-state index < -0.39 is 31.0 Å². The van der Waals surface area contributed by atoms with Crippen LogP contribution in [0.4, 0.5) is 0 Å². The molecular formula is C18H34N2O6. The summed E-state index contributed by atoms with van der Waals surface area (Å²) >= 11 is 0. The Morgan fingerprint density at radius 2 is 1.96 bits per heavy atom. The Labute approximate surface area is 155 Å². The molecule has 0 saturated carbocycles. The lowest BCUT2D eigenvalue weighted by Crippen LogP contribution is -2.53. The maximum atomic E-state index is 12.9. The molecule has 0 radical (unpaired) electrons. The van der Waals surface area contributed by atoms with E-state index in [0.29, 0.717) is 19.7 Å². The van der Waals surface area contributed by atoms with Crippen molar-refractivity contribution < 1.29 is 30.0 Å². The number of aliphatic hydroxyl groups is 4. The molecule has 0 aliphatic carbocycles. The molecule has 8 nitrogen and oxygen atoms in total. The third-order valence-corrected chi connectivity index (χ3v) is 5.30. The van der Waals surface area contributed by atoms with Crippen LogP contribution in [0.25, 0.3) is 0 Å². The molecule has 8 heteroatoms. The number of hydrogen-bond acceptors (Lipinski definition) is 7. The first-order valence-electron chi connectivity index (χ1n) is 9.80. The van der Waals surface area contributed by atoms with Gasteiger partial charge in [-0.1, -0.05) is 12.8 Å². The van der Waals surface area contributed by atoms with Crippen molar-refractivity contribution in [2.75, 3.05) is 39.4 Å². The fourth-order valence-corrected chi connectivity index (χ4v) is 3.68. The summed E-state index contributed by atoms with van der Waals surface area (Å²) in [5.74, 6) is -0.100. The number of ether oxygens (including phenoxy) is 1. The average Bonchev–Trinajstić information content (AvgIpc) is 2.67. The van der Waals surface area contributed by atoms with E-state index in [0.717, 1.165) is 45.1 Å². The summed E-state index contributed by atoms with van der Waals surface area (Å²) in [6, 6.07) is 0. The second kappa shape index (κ2) is 11.2. The zero-order valence-electron chi connectivity index (χ0n) is 15.4. The number of amides is 1. The van der Waals surface area contributed by atoms with Crippen molar-refractivity contribution in [3.05, 3.63) is 0 Å². The summed E-state index contributed by atoms with van der Waals surface area (Å²) < 4.78 is 5.53. The lowest BCUT2D eigenvalue weighted by molar-refractivity contribution is -0.154. The largest absolute Gasteiger partial charge is 0.394 e. The summed E-state index contributed by atoms with van der Waals surface area (Å²) in [7, 11) is 0. The molecule has 0 unspecified atom stereocenters. The second-order valence-corrected chi connectivity index (χ2v) is 7.39. The first-order valence-corrected chi connectivity index (χ1v) is 9.80. The second-order valence-electron chi connectivity index (χ2n) is 7.39. The van der Waals surface area contributed by atoms with Crippen LogP contribution in [0.15, 0.2) is 0 Å². The smallest absolute Gasteiger partial charge is 0.227 e. The SMILES string of the molecule is O=C([C@@H]1CCCNC1)N1CCCCCCO[C@H]([C@H](O)CO)[C@H](O)[C@H](O)C1. The predicted molar refractivity (Wildman–Crippen MR) is 95.5 cm³/mol. The number of nitrogens with zero attached hydrogens (tertiary/aromatic N) is 1. The van der Waals surface area contributed by atoms with Gasteiger partial charge in [-0.3, -0.25) is 4.79 Å². The molecule has 2 aliphatic rings. The van der Waals surface area contributed by atoms with Gasteiger partial charge in [0, 0.05) is 26.2 Å². The van der Waals surface area contributed by atoms with Gasteiger partial charge in [-0.25, -0.2) is 0 Å². The van der Waals surface area contributed by atoms with Gasteiger partial charge in [-0.15, -0.1) is 0 Å². The van der Waals surface area contributed by atoms with Crippen molar-refractivity contribution in [2.45, 2.75) is 62.9 Å². The number of carbonyl (C=O) groups excluding carboxylic acids is 1. The van der Waals surface area contributed by atoms with Gasteiger partial charge in [0.25, 0.3) is 0 Å². The highest BCUT2D eigenvalue weighted by molar-refractivity contribution is 5.79. The van der Waals surface area contributed by atoms with E-state index in [-0.39, 0.29) is 18.4 Å². The van der Waals surface area contributed by atoms with E-state index >= 15 is 0 Å². The van der Waals surface area contributed by atoms with Gasteiger partial charge in [-0.05, 0) is 32.2 Å². The zero-order chi connectivity index (χ0) is 18.9. The normalized spacial score (nSPS) is 33.8. The zero-order valence-corrected chi connectivity index (χ0v) is 15.4. The van der Waals surface area contributed by atoms with Gasteiger partial charge in [-0.2, -0.15) is 0 Å². The molecule has 5 N–H and O–H groups in total. The van der Waals surface area contributed by atoms with E-state index in [9.17, 15) is 25.2 Å². The Balaban J connectivity index is 2.07. The molecule has 2 saturated heterocycles. The molecule has 2 fully saturated rings. The monoisotopic (exact) mass is 374 g/mol. The highest BCUT2D eigenvalue weighted by Crippen LogP contribution is 2.18. The van der Waals surface area contributed by atoms with E-state index in [2.05, 4.69) is 5.32 Å². The van der Waals surface area contributed by atoms with E-state index in [1.807, 2.05) is 0 Å². The van der Waals surface area contributed by atoms with Crippen LogP contribution >= 0.6 is 0 Å². The Kier molecular flexibility index (Phi) is 9.24. The summed E-state index contributed by atoms with van der Waals surface area (Å²) in [4.78, 5) is 14.5. The fourth-order valence-electron chi connectivity index (χ4n) is 3.68. The molecule has 0 aromatic carbocycles. The minimum Gasteiger partial charge on any atom is -0.394 e. The van der Waals surface area contributed by atoms with Crippen LogP contribution in [0.1, 0.15) is 38.5 Å². The molecule has 2 rings (SSSR count). The maximum Gasteiger partial charge on any atom is 0.227 e. The van der Waals surface area contributed by atoms with Crippen molar-refractivity contribution in [1.29, 1.82) is 0 Å². The molecule has 26 heavy (non-hydrogen) atoms. The molecule has 2 heterocycles. The Morgan fingerprint density at radius 1 is 1.19 bits per heavy atom. The molecule has 5 atom stereocenters. The minimum atomic E-state index is -1.38. The third kappa shape index (κ3) is 6.14. The van der Waals surface area contributed by atoms with Gasteiger partial charge >= 0.3 is 0 Å². The first kappa shape index (κ1) is 21.5. The topological polar surface area (TPSA) is 122 Å². The lowest BCUT2D eigenvalue weighted by atomic mass is 9.96. The van der Waals surface area contributed by atoms with Gasteiger partial charge < -0.3 is 35.4 Å². The number of aliphatic hydroxyl groups excluding tert-OH is 4. The molecule has 0 aromatic rings. The number of β-amino-alcohol motifs (C(OH)–C–C–N with tert-alkyl or cyclic N) is 1. The third-order valence-electron chi connectivity index (χ3n) is 5.30. The van der Waals surface area contributed by atoms with Crippen molar-refractivity contribution in [2.24, 2.45) is 5.92 Å². The summed E-state index contributed by atoms with van der Waals surface area (Å²) in [5.41, 5.74) is 0. The average molecular weight is 374 g/mol. The standard InChI is InChI=1S/C18H34N2O6/c21-12-15(23)17-16(24)14(22)11-20(8-3-1-2-4-9-26-17)18(25)13-6-5-7-19-10-13/h13-17,19,21-24H,1-12H2/t13-,14-,15-,16-,17-/m1/s1. The molecular weight excluding hydrogens is 340 g/mol. The van der Waals surface area contributed by atoms with Crippen LogP contribution in [0.5, 0.6) is 0 Å². The highest BCUT2D eigenvalue weighted by atomic mass is 16.5. The fraction of sp³-hybridized carbons (Fsp3) is 0.944. The number of nitrogens with one attached hydrogen (secondary N) is 1. The molecule has 2 aliphatic heterocycles. The van der Waals surface area contributed by atoms with Crippen LogP contribution in [-0.4, -0.2) is 95.0 Å². The van der Waals surface area contributed by atoms with Crippen LogP contribution in [0, 0.1) is 5.92 Å². The predicted octanol–water partition coefficient (Wildman–Crippen LogP) is -1.15. The number of carbonyl (C=O) groups is 1. The summed E-state index contributed by atoms with van der Waals surface area (Å²) in [5, 5.41) is 43.2. The molecule has 0 aromatic heterocycles. The lowest BCUT2D eigenvalue weighted by Gasteiger charge is -2.35. The molecule has 0 bridgehead atoms. The minimum absolute atomic E-state index is 0.000634. The van der Waals surface area contributed by atoms with Crippen molar-refractivity contribution in [1.82, 2.24) is 10.2 Å². The van der Waals surface area contributed by atoms with Gasteiger partial charge in [0.15, 0.2) is 0 Å². The van der Waals surface area contributed by atoms with Crippen LogP contribution in [-0.2, 0) is 9.53 Å². The Hall–Kier alpha value is -0.770. The molecule has 152 valence electrons. The first-order chi connectivity index (χ1) is 12.5. The van der Waals surface area contributed by atoms with Crippen molar-refractivity contribution >= 4 is 5.91 Å². The number of piperidine rings is 1. The van der Waals surface area contributed by atoms with Gasteiger partial charge in [0.1, 0.15) is 24.4 Å². The van der Waals surface area contributed by atoms with E-state index in [4.69, 9.17) is 4.74 Å². The van der Waals surface area contributed by atoms with Gasteiger partial charge in [0.2, 0.25) is 5.91 Å². The number of rotatable bonds is 3. The highest BCUT2D eigenvalue weighted by Gasteiger charge is 2.35. The quantitative estimate of drug-likeness (QED) is 0.423. The summed E-state index contributed by atoms with van der Waals surface area (Å²) in [6.07, 6.45) is 0.268. The van der Waals surface area contributed by atoms with Crippen LogP contribution < -0.4 is 5.32 Å².